The van der Waals surface area contributed by atoms with Gasteiger partial charge in [-0.05, 0) is 75.8 Å². The first-order valence-corrected chi connectivity index (χ1v) is 15.7. The summed E-state index contributed by atoms with van der Waals surface area (Å²) in [7, 11) is 0. The molecule has 0 radical (unpaired) electrons. The van der Waals surface area contributed by atoms with Gasteiger partial charge in [0.05, 0.1) is 0 Å². The van der Waals surface area contributed by atoms with Gasteiger partial charge in [-0.15, -0.1) is 0 Å². The lowest BCUT2D eigenvalue weighted by Gasteiger charge is -2.25. The highest BCUT2D eigenvalue weighted by Crippen LogP contribution is 2.35. The molecule has 0 spiro atoms. The van der Waals surface area contributed by atoms with Crippen molar-refractivity contribution in [3.8, 4) is 0 Å². The number of benzene rings is 2. The van der Waals surface area contributed by atoms with E-state index in [0.29, 0.717) is 11.8 Å². The van der Waals surface area contributed by atoms with E-state index in [4.69, 9.17) is 0 Å². The number of aryl methyl sites for hydroxylation is 2. The molecule has 0 aliphatic heterocycles. The Morgan fingerprint density at radius 2 is 1.71 bits per heavy atom. The quantitative estimate of drug-likeness (QED) is 0.266. The van der Waals surface area contributed by atoms with E-state index in [9.17, 15) is 0 Å². The molecule has 2 unspecified atom stereocenters. The third-order valence-electron chi connectivity index (χ3n) is 4.21. The predicted molar refractivity (Wildman–Crippen MR) is 126 cm³/mol. The zero-order chi connectivity index (χ0) is 17.4. The SMILES string of the molecule is Cc1ccc(C)c(C(c2ccccc2)C(C)/C=C/C=C\C=I/I)c1. The Kier molecular flexibility index (Phi) is 8.39. The van der Waals surface area contributed by atoms with Crippen LogP contribution in [0, 0.1) is 19.8 Å². The maximum atomic E-state index is 2.46. The fourth-order valence-electron chi connectivity index (χ4n) is 3.01. The van der Waals surface area contributed by atoms with Gasteiger partial charge in [-0.2, -0.15) is 0 Å². The number of hydrogen-bond donors (Lipinski definition) is 0. The largest absolute Gasteiger partial charge is 0.0807 e. The highest BCUT2D eigenvalue weighted by molar-refractivity contribution is 15.0. The fourth-order valence-corrected chi connectivity index (χ4v) is 4.46. The van der Waals surface area contributed by atoms with Crippen LogP contribution in [-0.4, -0.2) is 4.01 Å². The van der Waals surface area contributed by atoms with Gasteiger partial charge in [-0.25, -0.2) is 0 Å². The molecule has 2 heteroatoms. The first kappa shape index (κ1) is 19.6. The van der Waals surface area contributed by atoms with E-state index in [1.54, 1.807) is 0 Å². The number of hydrogen-bond acceptors (Lipinski definition) is 0. The van der Waals surface area contributed by atoms with E-state index < -0.39 is 0 Å². The lowest BCUT2D eigenvalue weighted by atomic mass is 9.79. The molecule has 24 heavy (non-hydrogen) atoms. The zero-order valence-electron chi connectivity index (χ0n) is 14.4. The molecule has 0 saturated carbocycles. The summed E-state index contributed by atoms with van der Waals surface area (Å²) in [6.45, 7) is 6.72. The first-order chi connectivity index (χ1) is 11.6. The van der Waals surface area contributed by atoms with Crippen molar-refractivity contribution in [2.75, 3.05) is 0 Å². The van der Waals surface area contributed by atoms with Crippen molar-refractivity contribution in [1.29, 1.82) is 0 Å². The molecule has 0 nitrogen and oxygen atoms in total. The summed E-state index contributed by atoms with van der Waals surface area (Å²) in [5.74, 6) is 0.823. The first-order valence-electron chi connectivity index (χ1n) is 8.16. The second-order valence-corrected chi connectivity index (χ2v) is 10.4. The molecule has 0 aromatic heterocycles. The molecule has 2 aromatic rings. The Hall–Kier alpha value is -0.750. The molecule has 0 aliphatic rings. The minimum Gasteiger partial charge on any atom is -0.0807 e. The monoisotopic (exact) mass is 542 g/mol. The molecule has 0 fully saturated rings. The Labute approximate surface area is 166 Å². The number of allylic oxidation sites excluding steroid dienone is 4. The van der Waals surface area contributed by atoms with Gasteiger partial charge in [0.15, 0.2) is 0 Å². The van der Waals surface area contributed by atoms with Crippen LogP contribution in [0.5, 0.6) is 0 Å². The topological polar surface area (TPSA) is 0 Å². The summed E-state index contributed by atoms with van der Waals surface area (Å²) in [4.78, 5) is 0. The normalized spacial score (nSPS) is 15.0. The molecule has 0 aliphatic carbocycles. The van der Waals surface area contributed by atoms with Crippen molar-refractivity contribution in [1.82, 2.24) is 0 Å². The van der Waals surface area contributed by atoms with Crippen molar-refractivity contribution in [2.24, 2.45) is 5.92 Å². The van der Waals surface area contributed by atoms with Crippen LogP contribution in [-0.2, 0) is 0 Å². The van der Waals surface area contributed by atoms with E-state index in [-0.39, 0.29) is 16.8 Å². The van der Waals surface area contributed by atoms with Crippen molar-refractivity contribution >= 4 is 39.4 Å². The molecule has 0 N–H and O–H groups in total. The molecule has 2 atom stereocenters. The van der Waals surface area contributed by atoms with Crippen LogP contribution >= 0.6 is 35.4 Å². The summed E-state index contributed by atoms with van der Waals surface area (Å²) in [5, 5.41) is 0. The van der Waals surface area contributed by atoms with Crippen LogP contribution in [0.2, 0.25) is 0 Å². The minimum absolute atomic E-state index is 0.204. The average molecular weight is 542 g/mol. The van der Waals surface area contributed by atoms with Crippen molar-refractivity contribution < 1.29 is 0 Å². The smallest absolute Gasteiger partial charge is 0.0152 e. The van der Waals surface area contributed by atoms with Gasteiger partial charge >= 0.3 is 0 Å². The third kappa shape index (κ3) is 5.66. The van der Waals surface area contributed by atoms with Crippen molar-refractivity contribution in [3.05, 3.63) is 95.1 Å². The second kappa shape index (κ2) is 10.3. The van der Waals surface area contributed by atoms with Gasteiger partial charge in [-0.1, -0.05) is 85.3 Å². The highest BCUT2D eigenvalue weighted by Gasteiger charge is 2.21. The van der Waals surface area contributed by atoms with E-state index in [2.05, 4.69) is 116 Å². The van der Waals surface area contributed by atoms with Gasteiger partial charge in [0.1, 0.15) is 0 Å². The number of halogens is 2. The van der Waals surface area contributed by atoms with Crippen LogP contribution in [0.4, 0.5) is 0 Å². The summed E-state index contributed by atoms with van der Waals surface area (Å²) >= 11 is 2.67. The Morgan fingerprint density at radius 3 is 2.42 bits per heavy atom. The van der Waals surface area contributed by atoms with Gasteiger partial charge < -0.3 is 0 Å². The molecule has 0 amide bonds. The molecule has 0 bridgehead atoms. The van der Waals surface area contributed by atoms with E-state index >= 15 is 0 Å². The third-order valence-corrected chi connectivity index (χ3v) is 6.72. The molecular formula is C22H24I2. The minimum atomic E-state index is 0.204. The van der Waals surface area contributed by atoms with Gasteiger partial charge in [0.2, 0.25) is 0 Å². The summed E-state index contributed by atoms with van der Waals surface area (Å²) < 4.78 is 2.27. The molecule has 2 aromatic carbocycles. The van der Waals surface area contributed by atoms with Crippen molar-refractivity contribution in [2.45, 2.75) is 26.7 Å². The van der Waals surface area contributed by atoms with Crippen LogP contribution in [0.15, 0.2) is 72.8 Å². The van der Waals surface area contributed by atoms with E-state index in [0.717, 1.165) is 0 Å². The van der Waals surface area contributed by atoms with Crippen LogP contribution in [0.25, 0.3) is 0 Å². The number of rotatable bonds is 6. The predicted octanol–water partition coefficient (Wildman–Crippen LogP) is 7.31. The van der Waals surface area contributed by atoms with Gasteiger partial charge in [0.25, 0.3) is 0 Å². The maximum Gasteiger partial charge on any atom is 0.0152 e. The average Bonchev–Trinajstić information content (AvgIpc) is 2.59. The molecule has 2 rings (SSSR count). The summed E-state index contributed by atoms with van der Waals surface area (Å²) in [6, 6.07) is 17.7. The highest BCUT2D eigenvalue weighted by atomic mass is 128. The summed E-state index contributed by atoms with van der Waals surface area (Å²) in [6.07, 6.45) is 8.84. The van der Waals surface area contributed by atoms with E-state index in [1.165, 1.54) is 22.3 Å². The second-order valence-electron chi connectivity index (χ2n) is 6.09. The van der Waals surface area contributed by atoms with Crippen LogP contribution in [0.3, 0.4) is 0 Å². The Bertz CT molecular complexity index is 727. The van der Waals surface area contributed by atoms with Crippen molar-refractivity contribution in [3.63, 3.8) is 0 Å². The molecule has 0 saturated heterocycles. The molecule has 126 valence electrons. The van der Waals surface area contributed by atoms with Gasteiger partial charge in [-0.3, -0.25) is 0 Å². The standard InChI is InChI=1S/C22H24I2/c1-17-13-14-18(2)21(16-17)22(20-11-7-4-8-12-20)19(3)10-6-5-9-15-24-23/h4-16,19,22H,1-3H3/b9-5-,10-6+. The van der Waals surface area contributed by atoms with Gasteiger partial charge in [0, 0.05) is 5.92 Å². The van der Waals surface area contributed by atoms with E-state index in [1.807, 2.05) is 0 Å². The lowest BCUT2D eigenvalue weighted by molar-refractivity contribution is 0.621. The molecular weight excluding hydrogens is 518 g/mol. The van der Waals surface area contributed by atoms with Crippen LogP contribution < -0.4 is 0 Å². The summed E-state index contributed by atoms with van der Waals surface area (Å²) in [5.41, 5.74) is 5.52. The zero-order valence-corrected chi connectivity index (χ0v) is 18.7. The fraction of sp³-hybridized carbons (Fsp3) is 0.227. The lowest BCUT2D eigenvalue weighted by Crippen LogP contribution is -2.11. The Morgan fingerprint density at radius 1 is 0.958 bits per heavy atom. The Balaban J connectivity index is 2.38. The molecule has 0 heterocycles. The van der Waals surface area contributed by atoms with Crippen LogP contribution in [0.1, 0.15) is 35.1 Å². The maximum absolute atomic E-state index is 2.46.